The van der Waals surface area contributed by atoms with Crippen LogP contribution in [0.25, 0.3) is 10.9 Å². The number of amides is 1. The maximum absolute atomic E-state index is 13.1. The SMILES string of the molecule is Cc1ccc2c(NCc3ccc(NC(=O)c4ccc(F)cc4)cc3)nc(N3CCOCC3)nc2c1. The quantitative estimate of drug-likeness (QED) is 0.421. The molecule has 0 saturated carbocycles. The van der Waals surface area contributed by atoms with Gasteiger partial charge in [0.05, 0.1) is 18.7 Å². The minimum atomic E-state index is -0.373. The molecular formula is C27H26FN5O2. The van der Waals surface area contributed by atoms with Crippen LogP contribution in [-0.2, 0) is 11.3 Å². The van der Waals surface area contributed by atoms with Gasteiger partial charge in [-0.3, -0.25) is 4.79 Å². The van der Waals surface area contributed by atoms with Crippen LogP contribution in [0.15, 0.2) is 66.7 Å². The first-order valence-corrected chi connectivity index (χ1v) is 11.6. The summed E-state index contributed by atoms with van der Waals surface area (Å²) in [6.45, 7) is 5.49. The third-order valence-electron chi connectivity index (χ3n) is 5.91. The van der Waals surface area contributed by atoms with E-state index in [4.69, 9.17) is 14.7 Å². The molecule has 178 valence electrons. The first kappa shape index (κ1) is 22.7. The molecular weight excluding hydrogens is 445 g/mol. The third-order valence-corrected chi connectivity index (χ3v) is 5.91. The Hall–Kier alpha value is -4.04. The van der Waals surface area contributed by atoms with Crippen LogP contribution in [0.4, 0.5) is 21.8 Å². The fraction of sp³-hybridized carbons (Fsp3) is 0.222. The van der Waals surface area contributed by atoms with Crippen molar-refractivity contribution in [3.8, 4) is 0 Å². The highest BCUT2D eigenvalue weighted by Crippen LogP contribution is 2.26. The van der Waals surface area contributed by atoms with Gasteiger partial charge in [-0.1, -0.05) is 18.2 Å². The largest absolute Gasteiger partial charge is 0.378 e. The van der Waals surface area contributed by atoms with Gasteiger partial charge in [0.25, 0.3) is 5.91 Å². The van der Waals surface area contributed by atoms with E-state index in [2.05, 4.69) is 34.6 Å². The van der Waals surface area contributed by atoms with E-state index in [9.17, 15) is 9.18 Å². The number of carbonyl (C=O) groups is 1. The van der Waals surface area contributed by atoms with Crippen molar-refractivity contribution >= 4 is 34.3 Å². The Bertz CT molecular complexity index is 1340. The van der Waals surface area contributed by atoms with Crippen LogP contribution in [-0.4, -0.2) is 42.2 Å². The fourth-order valence-electron chi connectivity index (χ4n) is 3.96. The van der Waals surface area contributed by atoms with Crippen molar-refractivity contribution in [1.29, 1.82) is 0 Å². The zero-order chi connectivity index (χ0) is 24.2. The third kappa shape index (κ3) is 5.38. The number of rotatable bonds is 6. The van der Waals surface area contributed by atoms with E-state index in [1.54, 1.807) is 0 Å². The number of aryl methyl sites for hydroxylation is 1. The van der Waals surface area contributed by atoms with Crippen LogP contribution >= 0.6 is 0 Å². The molecule has 1 aliphatic heterocycles. The predicted molar refractivity (Wildman–Crippen MR) is 135 cm³/mol. The number of halogens is 1. The zero-order valence-corrected chi connectivity index (χ0v) is 19.4. The summed E-state index contributed by atoms with van der Waals surface area (Å²) in [4.78, 5) is 24.1. The molecule has 1 fully saturated rings. The lowest BCUT2D eigenvalue weighted by Crippen LogP contribution is -2.37. The number of benzene rings is 3. The van der Waals surface area contributed by atoms with Gasteiger partial charge < -0.3 is 20.3 Å². The number of hydrogen-bond acceptors (Lipinski definition) is 6. The molecule has 1 amide bonds. The lowest BCUT2D eigenvalue weighted by molar-refractivity contribution is 0.102. The smallest absolute Gasteiger partial charge is 0.255 e. The summed E-state index contributed by atoms with van der Waals surface area (Å²) in [7, 11) is 0. The van der Waals surface area contributed by atoms with Gasteiger partial charge in [0.15, 0.2) is 0 Å². The highest BCUT2D eigenvalue weighted by molar-refractivity contribution is 6.04. The highest BCUT2D eigenvalue weighted by Gasteiger charge is 2.17. The van der Waals surface area contributed by atoms with Crippen LogP contribution in [0, 0.1) is 12.7 Å². The van der Waals surface area contributed by atoms with E-state index in [1.807, 2.05) is 30.3 Å². The van der Waals surface area contributed by atoms with Crippen LogP contribution in [0.5, 0.6) is 0 Å². The van der Waals surface area contributed by atoms with Crippen LogP contribution < -0.4 is 15.5 Å². The monoisotopic (exact) mass is 471 g/mol. The zero-order valence-electron chi connectivity index (χ0n) is 19.4. The topological polar surface area (TPSA) is 79.4 Å². The molecule has 1 saturated heterocycles. The predicted octanol–water partition coefficient (Wildman–Crippen LogP) is 4.78. The second-order valence-electron chi connectivity index (χ2n) is 8.50. The molecule has 0 radical (unpaired) electrons. The fourth-order valence-corrected chi connectivity index (χ4v) is 3.96. The molecule has 3 aromatic carbocycles. The number of anilines is 3. The molecule has 7 nitrogen and oxygen atoms in total. The molecule has 5 rings (SSSR count). The molecule has 35 heavy (non-hydrogen) atoms. The van der Waals surface area contributed by atoms with Crippen LogP contribution in [0.2, 0.25) is 0 Å². The number of aromatic nitrogens is 2. The molecule has 0 aliphatic carbocycles. The van der Waals surface area contributed by atoms with Crippen molar-refractivity contribution in [2.45, 2.75) is 13.5 Å². The molecule has 0 bridgehead atoms. The standard InChI is InChI=1S/C27H26FN5O2/c1-18-2-11-23-24(16-18)31-27(33-12-14-35-15-13-33)32-25(23)29-17-19-3-9-22(10-4-19)30-26(34)20-5-7-21(28)8-6-20/h2-11,16H,12-15,17H2,1H3,(H,30,34)(H,29,31,32). The molecule has 1 aliphatic rings. The molecule has 2 heterocycles. The normalized spacial score (nSPS) is 13.6. The molecule has 8 heteroatoms. The van der Waals surface area contributed by atoms with E-state index in [1.165, 1.54) is 24.3 Å². The summed E-state index contributed by atoms with van der Waals surface area (Å²) in [5.74, 6) is 0.828. The average Bonchev–Trinajstić information content (AvgIpc) is 2.88. The van der Waals surface area contributed by atoms with E-state index in [0.29, 0.717) is 37.0 Å². The van der Waals surface area contributed by atoms with Crippen LogP contribution in [0.3, 0.4) is 0 Å². The van der Waals surface area contributed by atoms with E-state index in [-0.39, 0.29) is 11.7 Å². The number of ether oxygens (including phenoxy) is 1. The molecule has 2 N–H and O–H groups in total. The Labute approximate surface area is 203 Å². The summed E-state index contributed by atoms with van der Waals surface area (Å²) >= 11 is 0. The van der Waals surface area contributed by atoms with Crippen molar-refractivity contribution < 1.29 is 13.9 Å². The lowest BCUT2D eigenvalue weighted by Gasteiger charge is -2.27. The molecule has 0 unspecified atom stereocenters. The van der Waals surface area contributed by atoms with Gasteiger partial charge in [-0.15, -0.1) is 0 Å². The maximum atomic E-state index is 13.1. The maximum Gasteiger partial charge on any atom is 0.255 e. The van der Waals surface area contributed by atoms with Crippen molar-refractivity contribution in [2.24, 2.45) is 0 Å². The Morgan fingerprint density at radius 2 is 1.74 bits per heavy atom. The Balaban J connectivity index is 1.30. The number of nitrogens with zero attached hydrogens (tertiary/aromatic N) is 3. The summed E-state index contributed by atoms with van der Waals surface area (Å²) in [6, 6.07) is 19.2. The van der Waals surface area contributed by atoms with E-state index >= 15 is 0 Å². The van der Waals surface area contributed by atoms with Gasteiger partial charge in [-0.25, -0.2) is 9.37 Å². The minimum Gasteiger partial charge on any atom is -0.378 e. The average molecular weight is 472 g/mol. The van der Waals surface area contributed by atoms with Crippen molar-refractivity contribution in [3.05, 3.63) is 89.2 Å². The van der Waals surface area contributed by atoms with Crippen molar-refractivity contribution in [1.82, 2.24) is 9.97 Å². The van der Waals surface area contributed by atoms with Crippen LogP contribution in [0.1, 0.15) is 21.5 Å². The van der Waals surface area contributed by atoms with Crippen molar-refractivity contribution in [2.75, 3.05) is 41.8 Å². The van der Waals surface area contributed by atoms with Gasteiger partial charge in [0.1, 0.15) is 11.6 Å². The minimum absolute atomic E-state index is 0.283. The Morgan fingerprint density at radius 1 is 1.00 bits per heavy atom. The number of carbonyl (C=O) groups excluding carboxylic acids is 1. The summed E-state index contributed by atoms with van der Waals surface area (Å²) in [6.07, 6.45) is 0. The molecule has 0 spiro atoms. The number of fused-ring (bicyclic) bond motifs is 1. The second-order valence-corrected chi connectivity index (χ2v) is 8.50. The lowest BCUT2D eigenvalue weighted by atomic mass is 10.1. The van der Waals surface area contributed by atoms with E-state index in [0.717, 1.165) is 40.9 Å². The van der Waals surface area contributed by atoms with Gasteiger partial charge in [-0.2, -0.15) is 4.98 Å². The van der Waals surface area contributed by atoms with Gasteiger partial charge in [0.2, 0.25) is 5.95 Å². The molecule has 1 aromatic heterocycles. The summed E-state index contributed by atoms with van der Waals surface area (Å²) < 4.78 is 18.6. The summed E-state index contributed by atoms with van der Waals surface area (Å²) in [5.41, 5.74) is 4.16. The van der Waals surface area contributed by atoms with E-state index < -0.39 is 0 Å². The van der Waals surface area contributed by atoms with Crippen molar-refractivity contribution in [3.63, 3.8) is 0 Å². The second kappa shape index (κ2) is 10.1. The number of hydrogen-bond donors (Lipinski definition) is 2. The first-order chi connectivity index (χ1) is 17.0. The Kier molecular flexibility index (Phi) is 6.54. The first-order valence-electron chi connectivity index (χ1n) is 11.6. The van der Waals surface area contributed by atoms with Gasteiger partial charge >= 0.3 is 0 Å². The number of nitrogens with one attached hydrogen (secondary N) is 2. The van der Waals surface area contributed by atoms with Gasteiger partial charge in [-0.05, 0) is 66.6 Å². The number of morpholine rings is 1. The summed E-state index contributed by atoms with van der Waals surface area (Å²) in [5, 5.41) is 7.26. The molecule has 0 atom stereocenters. The van der Waals surface area contributed by atoms with Gasteiger partial charge in [0, 0.05) is 36.3 Å². The molecule has 4 aromatic rings. The highest BCUT2D eigenvalue weighted by atomic mass is 19.1. The Morgan fingerprint density at radius 3 is 2.49 bits per heavy atom.